The molecular formula is C23H31N5O2. The lowest BCUT2D eigenvalue weighted by Gasteiger charge is -2.32. The molecule has 2 N–H and O–H groups in total. The van der Waals surface area contributed by atoms with Gasteiger partial charge in [0, 0.05) is 42.6 Å². The van der Waals surface area contributed by atoms with E-state index in [1.807, 2.05) is 45.2 Å². The van der Waals surface area contributed by atoms with Crippen LogP contribution in [0.25, 0.3) is 0 Å². The van der Waals surface area contributed by atoms with Gasteiger partial charge in [0.1, 0.15) is 0 Å². The summed E-state index contributed by atoms with van der Waals surface area (Å²) in [5, 5.41) is 5.47. The average molecular weight is 410 g/mol. The highest BCUT2D eigenvalue weighted by Gasteiger charge is 2.23. The first kappa shape index (κ1) is 21.9. The molecule has 1 atom stereocenters. The van der Waals surface area contributed by atoms with Crippen LogP contribution < -0.4 is 10.6 Å². The largest absolute Gasteiger partial charge is 0.350 e. The van der Waals surface area contributed by atoms with Crippen LogP contribution in [0.1, 0.15) is 61.3 Å². The first-order chi connectivity index (χ1) is 14.3. The molecule has 1 saturated heterocycles. The quantitative estimate of drug-likeness (QED) is 0.765. The second-order valence-corrected chi connectivity index (χ2v) is 8.85. The standard InChI is InChI=1S/C23H31N5O2/c1-23(2,3)27-21(29)14-26-22(30)17-9-10-20(25-13-17)18-7-6-12-28(15-18)16-19-8-4-5-11-24-19/h4-5,8-11,13,18H,6-7,12,14-16H2,1-3H3,(H,26,30)(H,27,29)/t18-/m1/s1. The SMILES string of the molecule is CC(C)(C)NC(=O)CNC(=O)c1ccc([C@@H]2CCCN(Cc3ccccn3)C2)nc1. The van der Waals surface area contributed by atoms with Crippen molar-refractivity contribution >= 4 is 11.8 Å². The first-order valence-electron chi connectivity index (χ1n) is 10.5. The monoisotopic (exact) mass is 409 g/mol. The number of amides is 2. The molecule has 3 heterocycles. The number of piperidine rings is 1. The lowest BCUT2D eigenvalue weighted by Crippen LogP contribution is -2.45. The van der Waals surface area contributed by atoms with E-state index in [1.165, 1.54) is 0 Å². The zero-order valence-corrected chi connectivity index (χ0v) is 18.0. The fourth-order valence-electron chi connectivity index (χ4n) is 3.67. The molecule has 0 radical (unpaired) electrons. The van der Waals surface area contributed by atoms with Gasteiger partial charge in [-0.25, -0.2) is 0 Å². The Balaban J connectivity index is 1.53. The molecule has 1 aliphatic heterocycles. The Morgan fingerprint density at radius 1 is 1.17 bits per heavy atom. The average Bonchev–Trinajstić information content (AvgIpc) is 2.72. The summed E-state index contributed by atoms with van der Waals surface area (Å²) in [6.45, 7) is 8.48. The molecule has 1 aliphatic rings. The van der Waals surface area contributed by atoms with E-state index in [0.29, 0.717) is 11.5 Å². The fraction of sp³-hybridized carbons (Fsp3) is 0.478. The second-order valence-electron chi connectivity index (χ2n) is 8.85. The minimum Gasteiger partial charge on any atom is -0.350 e. The second kappa shape index (κ2) is 9.80. The van der Waals surface area contributed by atoms with Gasteiger partial charge in [0.2, 0.25) is 5.91 Å². The van der Waals surface area contributed by atoms with Gasteiger partial charge >= 0.3 is 0 Å². The Hall–Kier alpha value is -2.80. The highest BCUT2D eigenvalue weighted by atomic mass is 16.2. The summed E-state index contributed by atoms with van der Waals surface area (Å²) in [5.41, 5.74) is 2.22. The molecule has 7 nitrogen and oxygen atoms in total. The van der Waals surface area contributed by atoms with E-state index in [4.69, 9.17) is 0 Å². The molecule has 2 aromatic heterocycles. The van der Waals surface area contributed by atoms with Crippen LogP contribution in [-0.4, -0.2) is 51.9 Å². The van der Waals surface area contributed by atoms with Gasteiger partial charge in [-0.15, -0.1) is 0 Å². The maximum absolute atomic E-state index is 12.3. The lowest BCUT2D eigenvalue weighted by molar-refractivity contribution is -0.121. The molecule has 0 aliphatic carbocycles. The predicted molar refractivity (Wildman–Crippen MR) is 116 cm³/mol. The van der Waals surface area contributed by atoms with Crippen LogP contribution in [-0.2, 0) is 11.3 Å². The van der Waals surface area contributed by atoms with E-state index in [2.05, 4.69) is 31.6 Å². The highest BCUT2D eigenvalue weighted by Crippen LogP contribution is 2.26. The van der Waals surface area contributed by atoms with Crippen molar-refractivity contribution in [1.29, 1.82) is 0 Å². The number of nitrogens with one attached hydrogen (secondary N) is 2. The molecule has 2 aromatic rings. The van der Waals surface area contributed by atoms with E-state index in [0.717, 1.165) is 43.9 Å². The number of pyridine rings is 2. The van der Waals surface area contributed by atoms with Gasteiger partial charge in [0.15, 0.2) is 0 Å². The van der Waals surface area contributed by atoms with Crippen LogP contribution in [0, 0.1) is 0 Å². The summed E-state index contributed by atoms with van der Waals surface area (Å²) in [6, 6.07) is 9.72. The van der Waals surface area contributed by atoms with Crippen LogP contribution >= 0.6 is 0 Å². The van der Waals surface area contributed by atoms with Gasteiger partial charge in [0.05, 0.1) is 17.8 Å². The third-order valence-corrected chi connectivity index (χ3v) is 5.01. The topological polar surface area (TPSA) is 87.2 Å². The van der Waals surface area contributed by atoms with Crippen molar-refractivity contribution in [3.05, 3.63) is 59.7 Å². The van der Waals surface area contributed by atoms with E-state index in [9.17, 15) is 9.59 Å². The Labute approximate surface area is 178 Å². The summed E-state index contributed by atoms with van der Waals surface area (Å²) in [5.74, 6) is -0.161. The minimum absolute atomic E-state index is 0.0526. The number of carbonyl (C=O) groups excluding carboxylic acids is 2. The van der Waals surface area contributed by atoms with Gasteiger partial charge < -0.3 is 10.6 Å². The van der Waals surface area contributed by atoms with E-state index >= 15 is 0 Å². The maximum Gasteiger partial charge on any atom is 0.253 e. The van der Waals surface area contributed by atoms with Crippen molar-refractivity contribution in [2.24, 2.45) is 0 Å². The third kappa shape index (κ3) is 6.62. The van der Waals surface area contributed by atoms with E-state index in [-0.39, 0.29) is 23.9 Å². The summed E-state index contributed by atoms with van der Waals surface area (Å²) in [7, 11) is 0. The number of aromatic nitrogens is 2. The number of carbonyl (C=O) groups is 2. The molecule has 30 heavy (non-hydrogen) atoms. The number of rotatable bonds is 6. The smallest absolute Gasteiger partial charge is 0.253 e. The van der Waals surface area contributed by atoms with Crippen LogP contribution in [0.15, 0.2) is 42.7 Å². The van der Waals surface area contributed by atoms with Crippen molar-refractivity contribution in [2.75, 3.05) is 19.6 Å². The number of likely N-dealkylation sites (tertiary alicyclic amines) is 1. The molecule has 3 rings (SSSR count). The summed E-state index contributed by atoms with van der Waals surface area (Å²) < 4.78 is 0. The highest BCUT2D eigenvalue weighted by molar-refractivity contribution is 5.96. The molecule has 2 amide bonds. The molecular weight excluding hydrogens is 378 g/mol. The van der Waals surface area contributed by atoms with Gasteiger partial charge in [-0.1, -0.05) is 6.07 Å². The number of nitrogens with zero attached hydrogens (tertiary/aromatic N) is 3. The molecule has 0 aromatic carbocycles. The van der Waals surface area contributed by atoms with Crippen molar-refractivity contribution in [2.45, 2.75) is 51.6 Å². The van der Waals surface area contributed by atoms with Crippen molar-refractivity contribution in [3.63, 3.8) is 0 Å². The zero-order chi connectivity index (χ0) is 21.6. The van der Waals surface area contributed by atoms with Crippen molar-refractivity contribution in [1.82, 2.24) is 25.5 Å². The molecule has 7 heteroatoms. The van der Waals surface area contributed by atoms with Gasteiger partial charge in [-0.3, -0.25) is 24.5 Å². The number of hydrogen-bond donors (Lipinski definition) is 2. The molecule has 0 bridgehead atoms. The normalized spacial score (nSPS) is 17.4. The summed E-state index contributed by atoms with van der Waals surface area (Å²) in [6.07, 6.45) is 5.63. The molecule has 0 unspecified atom stereocenters. The molecule has 160 valence electrons. The van der Waals surface area contributed by atoms with Gasteiger partial charge in [-0.2, -0.15) is 0 Å². The molecule has 0 spiro atoms. The lowest BCUT2D eigenvalue weighted by atomic mass is 9.94. The first-order valence-corrected chi connectivity index (χ1v) is 10.5. The number of hydrogen-bond acceptors (Lipinski definition) is 5. The van der Waals surface area contributed by atoms with Crippen LogP contribution in [0.4, 0.5) is 0 Å². The minimum atomic E-state index is -0.324. The Bertz CT molecular complexity index is 846. The fourth-order valence-corrected chi connectivity index (χ4v) is 3.67. The Kier molecular flexibility index (Phi) is 7.15. The van der Waals surface area contributed by atoms with E-state index < -0.39 is 0 Å². The van der Waals surface area contributed by atoms with Crippen LogP contribution in [0.3, 0.4) is 0 Å². The maximum atomic E-state index is 12.3. The molecule has 0 saturated carbocycles. The summed E-state index contributed by atoms with van der Waals surface area (Å²) >= 11 is 0. The van der Waals surface area contributed by atoms with Crippen LogP contribution in [0.2, 0.25) is 0 Å². The third-order valence-electron chi connectivity index (χ3n) is 5.01. The Morgan fingerprint density at radius 3 is 2.67 bits per heavy atom. The van der Waals surface area contributed by atoms with Gasteiger partial charge in [-0.05, 0) is 64.4 Å². The predicted octanol–water partition coefficient (Wildman–Crippen LogP) is 2.50. The van der Waals surface area contributed by atoms with Crippen molar-refractivity contribution in [3.8, 4) is 0 Å². The van der Waals surface area contributed by atoms with Crippen LogP contribution in [0.5, 0.6) is 0 Å². The molecule has 1 fully saturated rings. The Morgan fingerprint density at radius 2 is 2.00 bits per heavy atom. The van der Waals surface area contributed by atoms with Gasteiger partial charge in [0.25, 0.3) is 5.91 Å². The zero-order valence-electron chi connectivity index (χ0n) is 18.0. The summed E-state index contributed by atoms with van der Waals surface area (Å²) in [4.78, 5) is 35.6. The van der Waals surface area contributed by atoms with Crippen molar-refractivity contribution < 1.29 is 9.59 Å². The van der Waals surface area contributed by atoms with E-state index in [1.54, 1.807) is 12.3 Å².